The van der Waals surface area contributed by atoms with Crippen molar-refractivity contribution in [2.24, 2.45) is 5.73 Å². The summed E-state index contributed by atoms with van der Waals surface area (Å²) in [5, 5.41) is 0. The molecule has 0 radical (unpaired) electrons. The predicted molar refractivity (Wildman–Crippen MR) is 62.9 cm³/mol. The third-order valence-electron chi connectivity index (χ3n) is 3.32. The molecule has 1 fully saturated rings. The smallest absolute Gasteiger partial charge is 0.332 e. The number of rotatable bonds is 4. The zero-order valence-corrected chi connectivity index (χ0v) is 10.7. The molecule has 0 aliphatic heterocycles. The van der Waals surface area contributed by atoms with Gasteiger partial charge >= 0.3 is 6.18 Å². The van der Waals surface area contributed by atoms with Crippen molar-refractivity contribution in [2.45, 2.75) is 57.2 Å². The molecule has 0 heterocycles. The molecule has 6 heteroatoms. The maximum Gasteiger partial charge on any atom is 0.406 e. The van der Waals surface area contributed by atoms with Crippen molar-refractivity contribution < 1.29 is 18.0 Å². The summed E-state index contributed by atoms with van der Waals surface area (Å²) in [5.74, 6) is -0.540. The summed E-state index contributed by atoms with van der Waals surface area (Å²) in [6.07, 6.45) is -0.261. The lowest BCUT2D eigenvalue weighted by atomic mass is 9.81. The normalized spacial score (nSPS) is 19.6. The minimum absolute atomic E-state index is 0.108. The number of nitrogens with zero attached hydrogens (tertiary/aromatic N) is 1. The summed E-state index contributed by atoms with van der Waals surface area (Å²) in [6, 6.07) is 0. The zero-order valence-electron chi connectivity index (χ0n) is 10.7. The molecule has 1 saturated carbocycles. The van der Waals surface area contributed by atoms with Crippen LogP contribution < -0.4 is 5.73 Å². The number of carbonyl (C=O) groups is 1. The monoisotopic (exact) mass is 266 g/mol. The van der Waals surface area contributed by atoms with Crippen LogP contribution in [-0.2, 0) is 4.79 Å². The molecule has 106 valence electrons. The third-order valence-corrected chi connectivity index (χ3v) is 3.32. The number of carbonyl (C=O) groups excluding carboxylic acids is 1. The SMILES string of the molecule is CCCN(CC(F)(F)F)C(=O)C1(N)CCCCC1. The van der Waals surface area contributed by atoms with E-state index in [1.54, 1.807) is 6.92 Å². The summed E-state index contributed by atoms with van der Waals surface area (Å²) >= 11 is 0. The minimum atomic E-state index is -4.37. The predicted octanol–water partition coefficient (Wildman–Crippen LogP) is 2.45. The highest BCUT2D eigenvalue weighted by Gasteiger charge is 2.41. The van der Waals surface area contributed by atoms with Crippen LogP contribution in [0.4, 0.5) is 13.2 Å². The first-order valence-electron chi connectivity index (χ1n) is 6.43. The molecule has 0 spiro atoms. The second-order valence-corrected chi connectivity index (χ2v) is 5.06. The van der Waals surface area contributed by atoms with Crippen molar-refractivity contribution in [3.05, 3.63) is 0 Å². The fraction of sp³-hybridized carbons (Fsp3) is 0.917. The van der Waals surface area contributed by atoms with Crippen LogP contribution in [0.3, 0.4) is 0 Å². The molecule has 0 unspecified atom stereocenters. The molecule has 1 rings (SSSR count). The highest BCUT2D eigenvalue weighted by molar-refractivity contribution is 5.86. The molecule has 2 N–H and O–H groups in total. The van der Waals surface area contributed by atoms with Crippen LogP contribution in [0.2, 0.25) is 0 Å². The molecule has 0 bridgehead atoms. The zero-order chi connectivity index (χ0) is 13.8. The second-order valence-electron chi connectivity index (χ2n) is 5.06. The van der Waals surface area contributed by atoms with Gasteiger partial charge in [-0.2, -0.15) is 13.2 Å². The maximum absolute atomic E-state index is 12.4. The van der Waals surface area contributed by atoms with Gasteiger partial charge < -0.3 is 10.6 Å². The molecular weight excluding hydrogens is 245 g/mol. The van der Waals surface area contributed by atoms with Gasteiger partial charge in [0.25, 0.3) is 0 Å². The largest absolute Gasteiger partial charge is 0.406 e. The molecule has 0 atom stereocenters. The highest BCUT2D eigenvalue weighted by atomic mass is 19.4. The Morgan fingerprint density at radius 3 is 2.28 bits per heavy atom. The van der Waals surface area contributed by atoms with Crippen molar-refractivity contribution in [3.63, 3.8) is 0 Å². The Labute approximate surface area is 106 Å². The van der Waals surface area contributed by atoms with E-state index in [1.165, 1.54) is 0 Å². The first-order valence-corrected chi connectivity index (χ1v) is 6.43. The van der Waals surface area contributed by atoms with Crippen LogP contribution in [-0.4, -0.2) is 35.6 Å². The fourth-order valence-corrected chi connectivity index (χ4v) is 2.45. The maximum atomic E-state index is 12.4. The average molecular weight is 266 g/mol. The van der Waals surface area contributed by atoms with Gasteiger partial charge in [-0.05, 0) is 19.3 Å². The number of halogens is 3. The summed E-state index contributed by atoms with van der Waals surface area (Å²) in [7, 11) is 0. The van der Waals surface area contributed by atoms with E-state index >= 15 is 0 Å². The molecule has 18 heavy (non-hydrogen) atoms. The van der Waals surface area contributed by atoms with E-state index in [2.05, 4.69) is 0 Å². The number of alkyl halides is 3. The molecule has 0 aromatic carbocycles. The fourth-order valence-electron chi connectivity index (χ4n) is 2.45. The van der Waals surface area contributed by atoms with Crippen molar-refractivity contribution in [3.8, 4) is 0 Å². The topological polar surface area (TPSA) is 46.3 Å². The first kappa shape index (κ1) is 15.3. The van der Waals surface area contributed by atoms with Crippen molar-refractivity contribution >= 4 is 5.91 Å². The molecule has 1 aliphatic carbocycles. The molecule has 0 aromatic rings. The van der Waals surface area contributed by atoms with Crippen LogP contribution in [0.1, 0.15) is 45.4 Å². The average Bonchev–Trinajstić information content (AvgIpc) is 2.27. The second kappa shape index (κ2) is 5.91. The Morgan fingerprint density at radius 1 is 1.28 bits per heavy atom. The van der Waals surface area contributed by atoms with Gasteiger partial charge in [-0.25, -0.2) is 0 Å². The Morgan fingerprint density at radius 2 is 1.83 bits per heavy atom. The van der Waals surface area contributed by atoms with E-state index in [0.717, 1.165) is 24.2 Å². The number of amides is 1. The van der Waals surface area contributed by atoms with Gasteiger partial charge in [0.1, 0.15) is 6.54 Å². The minimum Gasteiger partial charge on any atom is -0.332 e. The summed E-state index contributed by atoms with van der Waals surface area (Å²) in [5.41, 5.74) is 4.91. The van der Waals surface area contributed by atoms with E-state index < -0.39 is 24.2 Å². The van der Waals surface area contributed by atoms with E-state index in [4.69, 9.17) is 5.73 Å². The first-order chi connectivity index (χ1) is 8.28. The number of nitrogens with two attached hydrogens (primary N) is 1. The van der Waals surface area contributed by atoms with E-state index in [-0.39, 0.29) is 6.54 Å². The van der Waals surface area contributed by atoms with E-state index in [0.29, 0.717) is 19.3 Å². The number of hydrogen-bond donors (Lipinski definition) is 1. The Balaban J connectivity index is 2.74. The Kier molecular flexibility index (Phi) is 5.01. The van der Waals surface area contributed by atoms with Crippen LogP contribution in [0, 0.1) is 0 Å². The summed E-state index contributed by atoms with van der Waals surface area (Å²) in [6.45, 7) is 0.663. The van der Waals surface area contributed by atoms with Gasteiger partial charge in [-0.15, -0.1) is 0 Å². The lowest BCUT2D eigenvalue weighted by Crippen LogP contribution is -2.57. The van der Waals surface area contributed by atoms with Gasteiger partial charge in [-0.3, -0.25) is 4.79 Å². The van der Waals surface area contributed by atoms with Crippen molar-refractivity contribution in [1.82, 2.24) is 4.90 Å². The lowest BCUT2D eigenvalue weighted by molar-refractivity contribution is -0.165. The highest BCUT2D eigenvalue weighted by Crippen LogP contribution is 2.29. The quantitative estimate of drug-likeness (QED) is 0.849. The molecule has 3 nitrogen and oxygen atoms in total. The molecule has 1 aliphatic rings. The van der Waals surface area contributed by atoms with Gasteiger partial charge in [0, 0.05) is 6.54 Å². The van der Waals surface area contributed by atoms with Gasteiger partial charge in [0.15, 0.2) is 0 Å². The van der Waals surface area contributed by atoms with Crippen LogP contribution in [0.15, 0.2) is 0 Å². The van der Waals surface area contributed by atoms with Gasteiger partial charge in [0.05, 0.1) is 5.54 Å². The van der Waals surface area contributed by atoms with Crippen molar-refractivity contribution in [2.75, 3.05) is 13.1 Å². The summed E-state index contributed by atoms with van der Waals surface area (Å²) < 4.78 is 37.3. The standard InChI is InChI=1S/C12H21F3N2O/c1-2-8-17(9-12(13,14)15)10(18)11(16)6-4-3-5-7-11/h2-9,16H2,1H3. The Bertz CT molecular complexity index is 286. The molecule has 1 amide bonds. The van der Waals surface area contributed by atoms with Gasteiger partial charge in [-0.1, -0.05) is 26.2 Å². The number of hydrogen-bond acceptors (Lipinski definition) is 2. The summed E-state index contributed by atoms with van der Waals surface area (Å²) in [4.78, 5) is 13.1. The van der Waals surface area contributed by atoms with Crippen LogP contribution in [0.5, 0.6) is 0 Å². The van der Waals surface area contributed by atoms with Crippen LogP contribution >= 0.6 is 0 Å². The van der Waals surface area contributed by atoms with E-state index in [9.17, 15) is 18.0 Å². The Hall–Kier alpha value is -0.780. The molecular formula is C12H21F3N2O. The lowest BCUT2D eigenvalue weighted by Gasteiger charge is -2.37. The molecule has 0 aromatic heterocycles. The van der Waals surface area contributed by atoms with Crippen molar-refractivity contribution in [1.29, 1.82) is 0 Å². The van der Waals surface area contributed by atoms with Gasteiger partial charge in [0.2, 0.25) is 5.91 Å². The third kappa shape index (κ3) is 4.15. The molecule has 0 saturated heterocycles. The van der Waals surface area contributed by atoms with E-state index in [1.807, 2.05) is 0 Å². The van der Waals surface area contributed by atoms with Crippen LogP contribution in [0.25, 0.3) is 0 Å².